The minimum atomic E-state index is -0.235. The monoisotopic (exact) mass is 400 g/mol. The summed E-state index contributed by atoms with van der Waals surface area (Å²) >= 11 is 1.64. The molecule has 0 aliphatic carbocycles. The van der Waals surface area contributed by atoms with Crippen LogP contribution in [0.1, 0.15) is 4.88 Å². The minimum absolute atomic E-state index is 0.235. The van der Waals surface area contributed by atoms with Gasteiger partial charge in [-0.3, -0.25) is 9.78 Å². The molecule has 0 aliphatic heterocycles. The van der Waals surface area contributed by atoms with Crippen molar-refractivity contribution in [2.45, 2.75) is 6.92 Å². The first-order valence-corrected chi connectivity index (χ1v) is 9.85. The number of nitrogens with zero attached hydrogens (tertiary/aromatic N) is 3. The maximum atomic E-state index is 12.6. The molecule has 0 saturated heterocycles. The first kappa shape index (κ1) is 17.5. The van der Waals surface area contributed by atoms with Gasteiger partial charge in [0.15, 0.2) is 17.0 Å². The highest BCUT2D eigenvalue weighted by Crippen LogP contribution is 2.35. The summed E-state index contributed by atoms with van der Waals surface area (Å²) in [6, 6.07) is 15.3. The van der Waals surface area contributed by atoms with E-state index in [0.717, 1.165) is 27.0 Å². The number of hydrogen-bond acceptors (Lipinski definition) is 6. The number of rotatable bonds is 3. The lowest BCUT2D eigenvalue weighted by Gasteiger charge is -2.10. The number of nitrogens with one attached hydrogen (secondary N) is 1. The lowest BCUT2D eigenvalue weighted by atomic mass is 10.1. The van der Waals surface area contributed by atoms with Gasteiger partial charge < -0.3 is 9.72 Å². The predicted molar refractivity (Wildman–Crippen MR) is 115 cm³/mol. The third-order valence-corrected chi connectivity index (χ3v) is 5.71. The molecule has 0 saturated carbocycles. The molecule has 4 aromatic heterocycles. The third-order valence-electron chi connectivity index (χ3n) is 4.70. The molecule has 0 amide bonds. The molecule has 5 rings (SSSR count). The van der Waals surface area contributed by atoms with E-state index in [-0.39, 0.29) is 10.9 Å². The lowest BCUT2D eigenvalue weighted by molar-refractivity contribution is 0.399. The minimum Gasteiger partial charge on any atom is -0.482 e. The zero-order chi connectivity index (χ0) is 20.0. The molecule has 0 bridgehead atoms. The van der Waals surface area contributed by atoms with E-state index in [0.29, 0.717) is 17.2 Å². The fourth-order valence-corrected chi connectivity index (χ4v) is 4.16. The van der Waals surface area contributed by atoms with Crippen molar-refractivity contribution in [1.29, 1.82) is 0 Å². The quantitative estimate of drug-likeness (QED) is 0.479. The van der Waals surface area contributed by atoms with Gasteiger partial charge in [-0.1, -0.05) is 12.1 Å². The average Bonchev–Trinajstić information content (AvgIpc) is 3.18. The smallest absolute Gasteiger partial charge is 0.213 e. The van der Waals surface area contributed by atoms with E-state index < -0.39 is 0 Å². The number of hydrogen-bond donors (Lipinski definition) is 1. The maximum absolute atomic E-state index is 12.6. The van der Waals surface area contributed by atoms with Crippen LogP contribution in [0.15, 0.2) is 59.5 Å². The van der Waals surface area contributed by atoms with Crippen LogP contribution in [0.4, 0.5) is 0 Å². The van der Waals surface area contributed by atoms with Gasteiger partial charge in [-0.2, -0.15) is 0 Å². The molecule has 0 spiro atoms. The Balaban J connectivity index is 1.84. The summed E-state index contributed by atoms with van der Waals surface area (Å²) in [6.45, 7) is 2.05. The standard InChI is InChI=1S/C22H16N4O2S/c1-12-5-8-17(29-12)21-19(14-6-7-15-13(10-14)4-3-9-23-15)25-20-16(27)11-18(28-2)24-22(20)26-21/h3-11H,1-2H3,(H,24,26,27). The number of fused-ring (bicyclic) bond motifs is 2. The summed E-state index contributed by atoms with van der Waals surface area (Å²) in [5.41, 5.74) is 3.63. The summed E-state index contributed by atoms with van der Waals surface area (Å²) in [6.07, 6.45) is 1.77. The molecule has 4 heterocycles. The zero-order valence-corrected chi connectivity index (χ0v) is 16.6. The van der Waals surface area contributed by atoms with Crippen molar-refractivity contribution >= 4 is 33.4 Å². The van der Waals surface area contributed by atoms with Gasteiger partial charge >= 0.3 is 0 Å². The molecule has 0 fully saturated rings. The lowest BCUT2D eigenvalue weighted by Crippen LogP contribution is -2.08. The van der Waals surface area contributed by atoms with E-state index in [9.17, 15) is 4.79 Å². The van der Waals surface area contributed by atoms with Crippen molar-refractivity contribution < 1.29 is 4.74 Å². The van der Waals surface area contributed by atoms with Crippen molar-refractivity contribution in [2.75, 3.05) is 7.11 Å². The van der Waals surface area contributed by atoms with E-state index in [2.05, 4.69) is 16.9 Å². The van der Waals surface area contributed by atoms with Crippen molar-refractivity contribution in [3.63, 3.8) is 0 Å². The summed E-state index contributed by atoms with van der Waals surface area (Å²) < 4.78 is 5.19. The van der Waals surface area contributed by atoms with Crippen LogP contribution in [-0.4, -0.2) is 27.0 Å². The number of aromatic amines is 1. The third kappa shape index (κ3) is 3.05. The van der Waals surface area contributed by atoms with E-state index in [4.69, 9.17) is 14.7 Å². The molecular formula is C22H16N4O2S. The van der Waals surface area contributed by atoms with Gasteiger partial charge in [0, 0.05) is 28.1 Å². The molecule has 6 nitrogen and oxygen atoms in total. The molecule has 0 radical (unpaired) electrons. The van der Waals surface area contributed by atoms with Crippen LogP contribution in [0.3, 0.4) is 0 Å². The molecule has 142 valence electrons. The molecule has 0 aliphatic rings. The second-order valence-corrected chi connectivity index (χ2v) is 7.93. The van der Waals surface area contributed by atoms with Crippen LogP contribution < -0.4 is 10.2 Å². The highest BCUT2D eigenvalue weighted by Gasteiger charge is 2.17. The van der Waals surface area contributed by atoms with Crippen LogP contribution >= 0.6 is 11.3 Å². The summed E-state index contributed by atoms with van der Waals surface area (Å²) in [5.74, 6) is 0.356. The molecular weight excluding hydrogens is 384 g/mol. The van der Waals surface area contributed by atoms with Gasteiger partial charge in [0.2, 0.25) is 5.43 Å². The number of ether oxygens (including phenoxy) is 1. The van der Waals surface area contributed by atoms with Crippen LogP contribution in [0.5, 0.6) is 5.88 Å². The molecule has 0 unspecified atom stereocenters. The summed E-state index contributed by atoms with van der Waals surface area (Å²) in [7, 11) is 1.51. The van der Waals surface area contributed by atoms with Gasteiger partial charge in [0.25, 0.3) is 0 Å². The van der Waals surface area contributed by atoms with Gasteiger partial charge in [-0.25, -0.2) is 9.97 Å². The average molecular weight is 400 g/mol. The van der Waals surface area contributed by atoms with Crippen molar-refractivity contribution in [3.05, 3.63) is 69.8 Å². The van der Waals surface area contributed by atoms with Crippen molar-refractivity contribution in [2.24, 2.45) is 0 Å². The van der Waals surface area contributed by atoms with E-state index in [1.54, 1.807) is 17.5 Å². The number of aryl methyl sites for hydroxylation is 1. The molecule has 5 aromatic rings. The second-order valence-electron chi connectivity index (χ2n) is 6.64. The van der Waals surface area contributed by atoms with Gasteiger partial charge in [-0.05, 0) is 37.3 Å². The van der Waals surface area contributed by atoms with E-state index in [1.807, 2.05) is 42.5 Å². The largest absolute Gasteiger partial charge is 0.482 e. The Kier molecular flexibility index (Phi) is 4.10. The van der Waals surface area contributed by atoms with E-state index in [1.165, 1.54) is 18.1 Å². The Morgan fingerprint density at radius 1 is 1.03 bits per heavy atom. The van der Waals surface area contributed by atoms with Crippen molar-refractivity contribution in [3.8, 4) is 27.7 Å². The number of methoxy groups -OCH3 is 1. The molecule has 29 heavy (non-hydrogen) atoms. The molecule has 1 N–H and O–H groups in total. The SMILES string of the molecule is COc1cc(=O)c2nc(-c3ccc4ncccc4c3)c(-c3ccc(C)s3)nc2[nH]1. The Hall–Kier alpha value is -3.58. The zero-order valence-electron chi connectivity index (χ0n) is 15.8. The molecule has 7 heteroatoms. The van der Waals surface area contributed by atoms with Gasteiger partial charge in [-0.15, -0.1) is 11.3 Å². The van der Waals surface area contributed by atoms with Crippen LogP contribution in [-0.2, 0) is 0 Å². The van der Waals surface area contributed by atoms with Crippen LogP contribution in [0, 0.1) is 6.92 Å². The van der Waals surface area contributed by atoms with E-state index >= 15 is 0 Å². The first-order chi connectivity index (χ1) is 14.1. The number of thiophene rings is 1. The Morgan fingerprint density at radius 3 is 2.72 bits per heavy atom. The first-order valence-electron chi connectivity index (χ1n) is 9.03. The summed E-state index contributed by atoms with van der Waals surface area (Å²) in [4.78, 5) is 31.7. The normalized spacial score (nSPS) is 11.2. The van der Waals surface area contributed by atoms with Gasteiger partial charge in [0.1, 0.15) is 5.69 Å². The van der Waals surface area contributed by atoms with Crippen molar-refractivity contribution in [1.82, 2.24) is 19.9 Å². The second kappa shape index (κ2) is 6.79. The Morgan fingerprint density at radius 2 is 1.93 bits per heavy atom. The predicted octanol–water partition coefficient (Wildman–Crippen LogP) is 4.58. The molecule has 0 atom stereocenters. The highest BCUT2D eigenvalue weighted by atomic mass is 32.1. The maximum Gasteiger partial charge on any atom is 0.213 e. The Bertz CT molecular complexity index is 1440. The fraction of sp³-hybridized carbons (Fsp3) is 0.0909. The van der Waals surface area contributed by atoms with Gasteiger partial charge in [0.05, 0.1) is 23.2 Å². The fourth-order valence-electron chi connectivity index (χ4n) is 3.30. The van der Waals surface area contributed by atoms with Crippen LogP contribution in [0.2, 0.25) is 0 Å². The molecule has 1 aromatic carbocycles. The number of H-pyrrole nitrogens is 1. The highest BCUT2D eigenvalue weighted by molar-refractivity contribution is 7.15. The Labute approximate surface area is 169 Å². The number of benzene rings is 1. The summed E-state index contributed by atoms with van der Waals surface area (Å²) in [5, 5.41) is 1.00. The topological polar surface area (TPSA) is 80.8 Å². The van der Waals surface area contributed by atoms with Crippen LogP contribution in [0.25, 0.3) is 43.9 Å². The number of aromatic nitrogens is 4. The number of pyridine rings is 2.